The maximum absolute atomic E-state index is 9.18. The molecule has 2 heteroatoms. The summed E-state index contributed by atoms with van der Waals surface area (Å²) >= 11 is 0. The number of benzene rings is 1. The summed E-state index contributed by atoms with van der Waals surface area (Å²) in [5, 5.41) is 12.8. The lowest BCUT2D eigenvalue weighted by Crippen LogP contribution is -2.41. The van der Waals surface area contributed by atoms with E-state index in [1.54, 1.807) is 12.1 Å². The molecule has 1 unspecified atom stereocenters. The Hall–Kier alpha value is -1.02. The van der Waals surface area contributed by atoms with Crippen molar-refractivity contribution in [3.8, 4) is 5.75 Å². The van der Waals surface area contributed by atoms with E-state index >= 15 is 0 Å². The molecule has 1 saturated carbocycles. The van der Waals surface area contributed by atoms with Crippen molar-refractivity contribution >= 4 is 0 Å². The SMILES string of the molecule is CC(CCc1ccc(O)cc1)NC1CCC1. The van der Waals surface area contributed by atoms with Crippen LogP contribution in [0, 0.1) is 0 Å². The zero-order valence-corrected chi connectivity index (χ0v) is 9.95. The minimum Gasteiger partial charge on any atom is -0.508 e. The van der Waals surface area contributed by atoms with Crippen LogP contribution in [0.1, 0.15) is 38.2 Å². The molecule has 1 aromatic rings. The van der Waals surface area contributed by atoms with Gasteiger partial charge in [0.15, 0.2) is 0 Å². The zero-order valence-electron chi connectivity index (χ0n) is 9.95. The van der Waals surface area contributed by atoms with Crippen LogP contribution in [0.4, 0.5) is 0 Å². The van der Waals surface area contributed by atoms with Gasteiger partial charge in [-0.15, -0.1) is 0 Å². The molecular weight excluding hydrogens is 198 g/mol. The summed E-state index contributed by atoms with van der Waals surface area (Å²) in [6.45, 7) is 2.26. The van der Waals surface area contributed by atoms with E-state index in [2.05, 4.69) is 12.2 Å². The van der Waals surface area contributed by atoms with Crippen LogP contribution in [0.3, 0.4) is 0 Å². The zero-order chi connectivity index (χ0) is 11.4. The largest absolute Gasteiger partial charge is 0.508 e. The lowest BCUT2D eigenvalue weighted by Gasteiger charge is -2.30. The van der Waals surface area contributed by atoms with Crippen molar-refractivity contribution in [2.45, 2.75) is 51.1 Å². The monoisotopic (exact) mass is 219 g/mol. The average molecular weight is 219 g/mol. The van der Waals surface area contributed by atoms with Crippen molar-refractivity contribution in [2.75, 3.05) is 0 Å². The Morgan fingerprint density at radius 1 is 1.31 bits per heavy atom. The fraction of sp³-hybridized carbons (Fsp3) is 0.571. The number of phenols is 1. The van der Waals surface area contributed by atoms with E-state index in [4.69, 9.17) is 0 Å². The molecule has 0 saturated heterocycles. The fourth-order valence-electron chi connectivity index (χ4n) is 2.11. The summed E-state index contributed by atoms with van der Waals surface area (Å²) in [4.78, 5) is 0. The van der Waals surface area contributed by atoms with E-state index < -0.39 is 0 Å². The average Bonchev–Trinajstić information content (AvgIpc) is 2.23. The number of phenolic OH excluding ortho intramolecular Hbond substituents is 1. The summed E-state index contributed by atoms with van der Waals surface area (Å²) in [5.41, 5.74) is 1.31. The van der Waals surface area contributed by atoms with Gasteiger partial charge in [-0.25, -0.2) is 0 Å². The number of aromatic hydroxyl groups is 1. The van der Waals surface area contributed by atoms with Crippen molar-refractivity contribution < 1.29 is 5.11 Å². The van der Waals surface area contributed by atoms with E-state index in [-0.39, 0.29) is 0 Å². The first-order valence-corrected chi connectivity index (χ1v) is 6.28. The molecule has 2 N–H and O–H groups in total. The molecule has 1 aliphatic carbocycles. The van der Waals surface area contributed by atoms with Gasteiger partial charge in [0.05, 0.1) is 0 Å². The Balaban J connectivity index is 1.71. The first-order valence-electron chi connectivity index (χ1n) is 6.28. The standard InChI is InChI=1S/C14H21NO/c1-11(15-13-3-2-4-13)5-6-12-7-9-14(16)10-8-12/h7-11,13,15-16H,2-6H2,1H3. The fourth-order valence-corrected chi connectivity index (χ4v) is 2.11. The van der Waals surface area contributed by atoms with Gasteiger partial charge in [-0.05, 0) is 50.3 Å². The molecule has 1 atom stereocenters. The van der Waals surface area contributed by atoms with Gasteiger partial charge >= 0.3 is 0 Å². The Morgan fingerprint density at radius 3 is 2.56 bits per heavy atom. The molecule has 1 aliphatic rings. The summed E-state index contributed by atoms with van der Waals surface area (Å²) in [5.74, 6) is 0.351. The van der Waals surface area contributed by atoms with Gasteiger partial charge in [0.1, 0.15) is 5.75 Å². The third-order valence-corrected chi connectivity index (χ3v) is 3.43. The van der Waals surface area contributed by atoms with Crippen LogP contribution in [-0.2, 0) is 6.42 Å². The normalized spacial score (nSPS) is 18.1. The number of hydrogen-bond acceptors (Lipinski definition) is 2. The molecule has 16 heavy (non-hydrogen) atoms. The van der Waals surface area contributed by atoms with Gasteiger partial charge in [0.25, 0.3) is 0 Å². The van der Waals surface area contributed by atoms with Crippen molar-refractivity contribution in [3.05, 3.63) is 29.8 Å². The second-order valence-corrected chi connectivity index (χ2v) is 4.90. The number of rotatable bonds is 5. The van der Waals surface area contributed by atoms with Gasteiger partial charge in [-0.1, -0.05) is 18.6 Å². The lowest BCUT2D eigenvalue weighted by atomic mass is 9.92. The van der Waals surface area contributed by atoms with Crippen molar-refractivity contribution in [1.29, 1.82) is 0 Å². The highest BCUT2D eigenvalue weighted by Crippen LogP contribution is 2.19. The molecule has 0 bridgehead atoms. The van der Waals surface area contributed by atoms with Crippen LogP contribution in [0.15, 0.2) is 24.3 Å². The third kappa shape index (κ3) is 3.24. The minimum absolute atomic E-state index is 0.351. The molecule has 1 fully saturated rings. The van der Waals surface area contributed by atoms with Gasteiger partial charge < -0.3 is 10.4 Å². The van der Waals surface area contributed by atoms with Crippen molar-refractivity contribution in [1.82, 2.24) is 5.32 Å². The van der Waals surface area contributed by atoms with E-state index in [1.807, 2.05) is 12.1 Å². The number of aryl methyl sites for hydroxylation is 1. The first-order chi connectivity index (χ1) is 7.74. The second-order valence-electron chi connectivity index (χ2n) is 4.90. The molecule has 1 aromatic carbocycles. The molecular formula is C14H21NO. The Bertz CT molecular complexity index is 316. The number of hydrogen-bond donors (Lipinski definition) is 2. The Kier molecular flexibility index (Phi) is 3.83. The summed E-state index contributed by atoms with van der Waals surface area (Å²) in [6.07, 6.45) is 6.35. The molecule has 0 aromatic heterocycles. The van der Waals surface area contributed by atoms with Gasteiger partial charge in [-0.3, -0.25) is 0 Å². The quantitative estimate of drug-likeness (QED) is 0.798. The maximum Gasteiger partial charge on any atom is 0.115 e. The molecule has 0 aliphatic heterocycles. The van der Waals surface area contributed by atoms with Crippen LogP contribution >= 0.6 is 0 Å². The van der Waals surface area contributed by atoms with Crippen molar-refractivity contribution in [3.63, 3.8) is 0 Å². The second kappa shape index (κ2) is 5.35. The summed E-state index contributed by atoms with van der Waals surface area (Å²) < 4.78 is 0. The minimum atomic E-state index is 0.351. The molecule has 0 amide bonds. The maximum atomic E-state index is 9.18. The molecule has 0 spiro atoms. The predicted molar refractivity (Wildman–Crippen MR) is 66.7 cm³/mol. The van der Waals surface area contributed by atoms with Gasteiger partial charge in [0, 0.05) is 12.1 Å². The van der Waals surface area contributed by atoms with Crippen LogP contribution in [-0.4, -0.2) is 17.2 Å². The summed E-state index contributed by atoms with van der Waals surface area (Å²) in [7, 11) is 0. The van der Waals surface area contributed by atoms with Gasteiger partial charge in [-0.2, -0.15) is 0 Å². The highest BCUT2D eigenvalue weighted by Gasteiger charge is 2.18. The molecule has 88 valence electrons. The van der Waals surface area contributed by atoms with Crippen LogP contribution in [0.25, 0.3) is 0 Å². The van der Waals surface area contributed by atoms with Crippen LogP contribution in [0.5, 0.6) is 5.75 Å². The topological polar surface area (TPSA) is 32.3 Å². The Labute approximate surface area is 97.7 Å². The lowest BCUT2D eigenvalue weighted by molar-refractivity contribution is 0.304. The highest BCUT2D eigenvalue weighted by atomic mass is 16.3. The van der Waals surface area contributed by atoms with E-state index in [0.29, 0.717) is 11.8 Å². The first kappa shape index (κ1) is 11.5. The van der Waals surface area contributed by atoms with Crippen LogP contribution in [0.2, 0.25) is 0 Å². The molecule has 0 heterocycles. The van der Waals surface area contributed by atoms with Crippen LogP contribution < -0.4 is 5.32 Å². The van der Waals surface area contributed by atoms with E-state index in [9.17, 15) is 5.11 Å². The third-order valence-electron chi connectivity index (χ3n) is 3.43. The van der Waals surface area contributed by atoms with E-state index in [1.165, 1.54) is 31.2 Å². The predicted octanol–water partition coefficient (Wildman–Crippen LogP) is 2.86. The van der Waals surface area contributed by atoms with E-state index in [0.717, 1.165) is 12.5 Å². The highest BCUT2D eigenvalue weighted by molar-refractivity contribution is 5.25. The molecule has 2 nitrogen and oxygen atoms in total. The molecule has 0 radical (unpaired) electrons. The smallest absolute Gasteiger partial charge is 0.115 e. The van der Waals surface area contributed by atoms with Crippen molar-refractivity contribution in [2.24, 2.45) is 0 Å². The molecule has 2 rings (SSSR count). The summed E-state index contributed by atoms with van der Waals surface area (Å²) in [6, 6.07) is 8.91. The Morgan fingerprint density at radius 2 is 2.00 bits per heavy atom. The van der Waals surface area contributed by atoms with Gasteiger partial charge in [0.2, 0.25) is 0 Å². The number of nitrogens with one attached hydrogen (secondary N) is 1.